The van der Waals surface area contributed by atoms with Gasteiger partial charge in [-0.1, -0.05) is 40.2 Å². The van der Waals surface area contributed by atoms with Gasteiger partial charge in [-0.15, -0.1) is 23.7 Å². The maximum Gasteiger partial charge on any atom is 0.314 e. The van der Waals surface area contributed by atoms with Gasteiger partial charge in [0, 0.05) is 11.4 Å². The van der Waals surface area contributed by atoms with Crippen molar-refractivity contribution in [1.29, 1.82) is 0 Å². The van der Waals surface area contributed by atoms with Crippen LogP contribution in [-0.2, 0) is 9.53 Å². The Balaban J connectivity index is 0.00000400. The maximum absolute atomic E-state index is 12.4. The van der Waals surface area contributed by atoms with Crippen molar-refractivity contribution in [3.63, 3.8) is 0 Å². The van der Waals surface area contributed by atoms with Crippen molar-refractivity contribution in [2.24, 2.45) is 5.92 Å². The molecule has 0 aliphatic carbocycles. The molecule has 0 aliphatic heterocycles. The van der Waals surface area contributed by atoms with Gasteiger partial charge < -0.3 is 9.64 Å². The van der Waals surface area contributed by atoms with E-state index in [2.05, 4.69) is 32.6 Å². The SMILES string of the molecule is CCC(C)C(C(=O)OCCN(CC)CC)c1cccs1.Cl. The molecule has 1 aromatic rings. The first-order chi connectivity index (χ1) is 9.63. The molecule has 0 radical (unpaired) electrons. The molecule has 0 amide bonds. The summed E-state index contributed by atoms with van der Waals surface area (Å²) in [7, 11) is 0. The summed E-state index contributed by atoms with van der Waals surface area (Å²) in [5.41, 5.74) is 0. The summed E-state index contributed by atoms with van der Waals surface area (Å²) in [6, 6.07) is 4.03. The Morgan fingerprint density at radius 3 is 2.48 bits per heavy atom. The zero-order chi connectivity index (χ0) is 15.0. The summed E-state index contributed by atoms with van der Waals surface area (Å²) in [6.07, 6.45) is 0.980. The molecule has 1 heterocycles. The van der Waals surface area contributed by atoms with Gasteiger partial charge in [0.15, 0.2) is 0 Å². The highest BCUT2D eigenvalue weighted by atomic mass is 35.5. The average molecular weight is 334 g/mol. The molecule has 0 saturated heterocycles. The van der Waals surface area contributed by atoms with Crippen LogP contribution >= 0.6 is 23.7 Å². The molecule has 0 aromatic carbocycles. The van der Waals surface area contributed by atoms with Crippen molar-refractivity contribution in [2.45, 2.75) is 40.0 Å². The molecule has 0 spiro atoms. The molecular weight excluding hydrogens is 306 g/mol. The van der Waals surface area contributed by atoms with E-state index in [1.165, 1.54) is 0 Å². The third-order valence-corrected chi connectivity index (χ3v) is 4.82. The maximum atomic E-state index is 12.4. The quantitative estimate of drug-likeness (QED) is 0.635. The Bertz CT molecular complexity index is 380. The summed E-state index contributed by atoms with van der Waals surface area (Å²) < 4.78 is 5.51. The number of esters is 1. The van der Waals surface area contributed by atoms with Crippen molar-refractivity contribution in [3.05, 3.63) is 22.4 Å². The van der Waals surface area contributed by atoms with Crippen molar-refractivity contribution < 1.29 is 9.53 Å². The monoisotopic (exact) mass is 333 g/mol. The van der Waals surface area contributed by atoms with Gasteiger partial charge in [-0.25, -0.2) is 0 Å². The molecule has 122 valence electrons. The molecule has 0 fully saturated rings. The van der Waals surface area contributed by atoms with E-state index in [0.29, 0.717) is 12.5 Å². The van der Waals surface area contributed by atoms with Crippen LogP contribution in [0.25, 0.3) is 0 Å². The number of carbonyl (C=O) groups is 1. The zero-order valence-electron chi connectivity index (χ0n) is 13.5. The van der Waals surface area contributed by atoms with Gasteiger partial charge in [-0.05, 0) is 30.5 Å². The van der Waals surface area contributed by atoms with Crippen LogP contribution in [0.5, 0.6) is 0 Å². The lowest BCUT2D eigenvalue weighted by atomic mass is 9.90. The number of nitrogens with zero attached hydrogens (tertiary/aromatic N) is 1. The molecule has 1 rings (SSSR count). The molecule has 2 unspecified atom stereocenters. The first kappa shape index (κ1) is 20.4. The Kier molecular flexibility index (Phi) is 10.7. The second-order valence-electron chi connectivity index (χ2n) is 5.07. The average Bonchev–Trinajstić information content (AvgIpc) is 2.97. The molecule has 5 heteroatoms. The predicted molar refractivity (Wildman–Crippen MR) is 92.5 cm³/mol. The smallest absolute Gasteiger partial charge is 0.314 e. The number of carbonyl (C=O) groups excluding carboxylic acids is 1. The second kappa shape index (κ2) is 11.0. The Morgan fingerprint density at radius 2 is 2.00 bits per heavy atom. The van der Waals surface area contributed by atoms with E-state index in [1.807, 2.05) is 17.5 Å². The van der Waals surface area contributed by atoms with Crippen LogP contribution in [0.1, 0.15) is 44.9 Å². The van der Waals surface area contributed by atoms with Crippen LogP contribution in [0, 0.1) is 5.92 Å². The van der Waals surface area contributed by atoms with Gasteiger partial charge in [0.2, 0.25) is 0 Å². The molecular formula is C16H28ClNO2S. The van der Waals surface area contributed by atoms with Gasteiger partial charge in [0.05, 0.1) is 5.92 Å². The molecule has 0 aliphatic rings. The van der Waals surface area contributed by atoms with Crippen molar-refractivity contribution in [3.8, 4) is 0 Å². The normalized spacial score (nSPS) is 13.6. The van der Waals surface area contributed by atoms with E-state index < -0.39 is 0 Å². The van der Waals surface area contributed by atoms with Crippen LogP contribution in [0.3, 0.4) is 0 Å². The molecule has 21 heavy (non-hydrogen) atoms. The molecule has 3 nitrogen and oxygen atoms in total. The Labute approximate surface area is 139 Å². The van der Waals surface area contributed by atoms with Crippen LogP contribution in [0.15, 0.2) is 17.5 Å². The first-order valence-electron chi connectivity index (χ1n) is 7.56. The largest absolute Gasteiger partial charge is 0.464 e. The fourth-order valence-electron chi connectivity index (χ4n) is 2.24. The minimum Gasteiger partial charge on any atom is -0.464 e. The Morgan fingerprint density at radius 1 is 1.33 bits per heavy atom. The number of thiophene rings is 1. The zero-order valence-corrected chi connectivity index (χ0v) is 15.1. The number of hydrogen-bond donors (Lipinski definition) is 0. The molecule has 0 bridgehead atoms. The van der Waals surface area contributed by atoms with E-state index >= 15 is 0 Å². The van der Waals surface area contributed by atoms with Crippen molar-refractivity contribution in [1.82, 2.24) is 4.90 Å². The van der Waals surface area contributed by atoms with Gasteiger partial charge in [-0.2, -0.15) is 0 Å². The second-order valence-corrected chi connectivity index (χ2v) is 6.05. The molecule has 0 N–H and O–H groups in total. The third kappa shape index (κ3) is 6.37. The molecule has 2 atom stereocenters. The van der Waals surface area contributed by atoms with Gasteiger partial charge in [0.1, 0.15) is 6.61 Å². The molecule has 0 saturated carbocycles. The fourth-order valence-corrected chi connectivity index (χ4v) is 3.18. The number of rotatable bonds is 9. The lowest BCUT2D eigenvalue weighted by Crippen LogP contribution is -2.29. The van der Waals surface area contributed by atoms with Crippen LogP contribution in [0.2, 0.25) is 0 Å². The lowest BCUT2D eigenvalue weighted by Gasteiger charge is -2.22. The number of hydrogen-bond acceptors (Lipinski definition) is 4. The van der Waals surface area contributed by atoms with Gasteiger partial charge in [0.25, 0.3) is 0 Å². The lowest BCUT2D eigenvalue weighted by molar-refractivity contribution is -0.147. The number of halogens is 1. The third-order valence-electron chi connectivity index (χ3n) is 3.86. The van der Waals surface area contributed by atoms with E-state index in [9.17, 15) is 4.79 Å². The summed E-state index contributed by atoms with van der Waals surface area (Å²) in [4.78, 5) is 15.7. The van der Waals surface area contributed by atoms with Gasteiger partial charge >= 0.3 is 5.97 Å². The van der Waals surface area contributed by atoms with Crippen molar-refractivity contribution >= 4 is 29.7 Å². The summed E-state index contributed by atoms with van der Waals surface area (Å²) in [5, 5.41) is 2.02. The van der Waals surface area contributed by atoms with E-state index in [-0.39, 0.29) is 24.3 Å². The van der Waals surface area contributed by atoms with Crippen molar-refractivity contribution in [2.75, 3.05) is 26.2 Å². The highest BCUT2D eigenvalue weighted by molar-refractivity contribution is 7.10. The highest BCUT2D eigenvalue weighted by Gasteiger charge is 2.28. The topological polar surface area (TPSA) is 29.5 Å². The first-order valence-corrected chi connectivity index (χ1v) is 8.44. The fraction of sp³-hybridized carbons (Fsp3) is 0.688. The standard InChI is InChI=1S/C16H27NO2S.ClH/c1-5-13(4)15(14-9-8-12-20-14)16(18)19-11-10-17(6-2)7-3;/h8-9,12-13,15H,5-7,10-11H2,1-4H3;1H. The van der Waals surface area contributed by atoms with E-state index in [1.54, 1.807) is 11.3 Å². The minimum atomic E-state index is -0.114. The van der Waals surface area contributed by atoms with Crippen LogP contribution in [0.4, 0.5) is 0 Å². The minimum absolute atomic E-state index is 0. The summed E-state index contributed by atoms with van der Waals surface area (Å²) >= 11 is 1.64. The number of likely N-dealkylation sites (N-methyl/N-ethyl adjacent to an activating group) is 1. The summed E-state index contributed by atoms with van der Waals surface area (Å²) in [5.74, 6) is 0.125. The highest BCUT2D eigenvalue weighted by Crippen LogP contribution is 2.31. The predicted octanol–water partition coefficient (Wildman–Crippen LogP) is 4.18. The summed E-state index contributed by atoms with van der Waals surface area (Å²) in [6.45, 7) is 11.8. The Hall–Kier alpha value is -0.580. The van der Waals surface area contributed by atoms with Crippen LogP contribution < -0.4 is 0 Å². The van der Waals surface area contributed by atoms with Gasteiger partial charge in [-0.3, -0.25) is 4.79 Å². The van der Waals surface area contributed by atoms with E-state index in [0.717, 1.165) is 30.9 Å². The van der Waals surface area contributed by atoms with E-state index in [4.69, 9.17) is 4.74 Å². The molecule has 1 aromatic heterocycles. The van der Waals surface area contributed by atoms with Crippen LogP contribution in [-0.4, -0.2) is 37.1 Å². The number of ether oxygens (including phenoxy) is 1.